The monoisotopic (exact) mass is 361 g/mol. The molecule has 0 spiro atoms. The van der Waals surface area contributed by atoms with Crippen molar-refractivity contribution in [2.45, 2.75) is 19.3 Å². The summed E-state index contributed by atoms with van der Waals surface area (Å²) in [6.45, 7) is 5.09. The number of allylic oxidation sites excluding steroid dienone is 4. The van der Waals surface area contributed by atoms with E-state index in [4.69, 9.17) is 0 Å². The van der Waals surface area contributed by atoms with Crippen LogP contribution >= 0.6 is 0 Å². The highest BCUT2D eigenvalue weighted by molar-refractivity contribution is 5.84. The molecule has 2 N–H and O–H groups in total. The Hall–Kier alpha value is -2.78. The Morgan fingerprint density at radius 1 is 0.963 bits per heavy atom. The summed E-state index contributed by atoms with van der Waals surface area (Å²) in [5.41, 5.74) is 7.03. The Kier molecular flexibility index (Phi) is 5.82. The predicted molar refractivity (Wildman–Crippen MR) is 112 cm³/mol. The average molecular weight is 361 g/mol. The van der Waals surface area contributed by atoms with Crippen molar-refractivity contribution in [3.05, 3.63) is 89.0 Å². The maximum absolute atomic E-state index is 9.70. The zero-order chi connectivity index (χ0) is 19.4. The molecule has 3 heteroatoms. The minimum Gasteiger partial charge on any atom is -0.508 e. The van der Waals surface area contributed by atoms with Gasteiger partial charge < -0.3 is 15.1 Å². The van der Waals surface area contributed by atoms with Gasteiger partial charge >= 0.3 is 0 Å². The maximum Gasteiger partial charge on any atom is 0.115 e. The first-order chi connectivity index (χ1) is 12.9. The highest BCUT2D eigenvalue weighted by Crippen LogP contribution is 2.39. The number of phenols is 2. The van der Waals surface area contributed by atoms with Gasteiger partial charge in [0.05, 0.1) is 0 Å². The molecule has 0 heterocycles. The summed E-state index contributed by atoms with van der Waals surface area (Å²) in [6.07, 6.45) is 5.26. The Morgan fingerprint density at radius 2 is 1.44 bits per heavy atom. The number of benzene rings is 2. The first-order valence-electron chi connectivity index (χ1n) is 9.29. The number of hydrogen-bond acceptors (Lipinski definition) is 3. The van der Waals surface area contributed by atoms with E-state index in [-0.39, 0.29) is 11.5 Å². The number of hydrogen-bond donors (Lipinski definition) is 2. The molecule has 1 aliphatic carbocycles. The SMILES string of the molecule is C=C1C/C1=C/C(CCCN(C)C)=C(c1ccc(O)cc1)c1ccc(O)cc1. The van der Waals surface area contributed by atoms with Crippen molar-refractivity contribution in [3.8, 4) is 11.5 Å². The minimum atomic E-state index is 0.256. The molecular weight excluding hydrogens is 334 g/mol. The fourth-order valence-electron chi connectivity index (χ4n) is 3.20. The lowest BCUT2D eigenvalue weighted by atomic mass is 9.90. The van der Waals surface area contributed by atoms with Crippen LogP contribution in [0.15, 0.2) is 77.9 Å². The van der Waals surface area contributed by atoms with Crippen LogP contribution in [-0.2, 0) is 0 Å². The molecule has 2 aromatic carbocycles. The topological polar surface area (TPSA) is 43.7 Å². The van der Waals surface area contributed by atoms with Crippen molar-refractivity contribution in [2.24, 2.45) is 0 Å². The van der Waals surface area contributed by atoms with E-state index in [1.54, 1.807) is 24.3 Å². The molecule has 0 aliphatic heterocycles. The smallest absolute Gasteiger partial charge is 0.115 e. The maximum atomic E-state index is 9.70. The first-order valence-corrected chi connectivity index (χ1v) is 9.29. The lowest BCUT2D eigenvalue weighted by molar-refractivity contribution is 0.401. The predicted octanol–water partition coefficient (Wildman–Crippen LogP) is 5.13. The van der Waals surface area contributed by atoms with Gasteiger partial charge in [-0.05, 0) is 97.6 Å². The third-order valence-electron chi connectivity index (χ3n) is 4.77. The summed E-state index contributed by atoms with van der Waals surface area (Å²) >= 11 is 0. The average Bonchev–Trinajstić information content (AvgIpc) is 3.32. The Labute approximate surface area is 161 Å². The standard InChI is InChI=1S/C24H27NO2/c1-17-15-21(17)16-20(5-4-14-25(2)3)24(18-6-10-22(26)11-7-18)19-8-12-23(27)13-9-19/h6-13,16,26-27H,1,4-5,14-15H2,2-3H3/b21-16-. The molecule has 140 valence electrons. The molecule has 0 radical (unpaired) electrons. The van der Waals surface area contributed by atoms with Gasteiger partial charge in [-0.15, -0.1) is 0 Å². The normalized spacial score (nSPS) is 14.6. The Bertz CT molecular complexity index is 824. The molecule has 0 aromatic heterocycles. The fourth-order valence-corrected chi connectivity index (χ4v) is 3.20. The molecule has 0 unspecified atom stereocenters. The van der Waals surface area contributed by atoms with E-state index < -0.39 is 0 Å². The van der Waals surface area contributed by atoms with E-state index >= 15 is 0 Å². The third-order valence-corrected chi connectivity index (χ3v) is 4.77. The summed E-state index contributed by atoms with van der Waals surface area (Å²) in [5, 5.41) is 19.4. The molecule has 2 aromatic rings. The van der Waals surface area contributed by atoms with E-state index in [9.17, 15) is 10.2 Å². The molecule has 27 heavy (non-hydrogen) atoms. The van der Waals surface area contributed by atoms with Crippen molar-refractivity contribution >= 4 is 5.57 Å². The van der Waals surface area contributed by atoms with Crippen LogP contribution in [0.25, 0.3) is 5.57 Å². The molecule has 1 saturated carbocycles. The van der Waals surface area contributed by atoms with Crippen LogP contribution in [0.5, 0.6) is 11.5 Å². The summed E-state index contributed by atoms with van der Waals surface area (Å²) < 4.78 is 0. The summed E-state index contributed by atoms with van der Waals surface area (Å²) in [4.78, 5) is 2.20. The van der Waals surface area contributed by atoms with Gasteiger partial charge in [0.25, 0.3) is 0 Å². The van der Waals surface area contributed by atoms with Gasteiger partial charge in [0.15, 0.2) is 0 Å². The Balaban J connectivity index is 2.10. The molecule has 0 amide bonds. The van der Waals surface area contributed by atoms with E-state index in [0.29, 0.717) is 0 Å². The number of phenolic OH excluding ortho intramolecular Hbond substituents is 2. The molecule has 3 rings (SSSR count). The summed E-state index contributed by atoms with van der Waals surface area (Å²) in [7, 11) is 4.18. The van der Waals surface area contributed by atoms with Crippen LogP contribution in [0.2, 0.25) is 0 Å². The molecule has 3 nitrogen and oxygen atoms in total. The van der Waals surface area contributed by atoms with E-state index in [2.05, 4.69) is 31.7 Å². The lowest BCUT2D eigenvalue weighted by Gasteiger charge is -2.16. The van der Waals surface area contributed by atoms with Gasteiger partial charge in [0.2, 0.25) is 0 Å². The molecule has 0 bridgehead atoms. The van der Waals surface area contributed by atoms with Gasteiger partial charge in [-0.25, -0.2) is 0 Å². The van der Waals surface area contributed by atoms with Crippen LogP contribution in [0, 0.1) is 0 Å². The second-order valence-electron chi connectivity index (χ2n) is 7.35. The molecule has 0 atom stereocenters. The van der Waals surface area contributed by atoms with Crippen LogP contribution in [-0.4, -0.2) is 35.8 Å². The minimum absolute atomic E-state index is 0.256. The van der Waals surface area contributed by atoms with Crippen molar-refractivity contribution < 1.29 is 10.2 Å². The molecular formula is C24H27NO2. The summed E-state index contributed by atoms with van der Waals surface area (Å²) in [5.74, 6) is 0.513. The van der Waals surface area contributed by atoms with Crippen molar-refractivity contribution in [1.82, 2.24) is 4.90 Å². The quantitative estimate of drug-likeness (QED) is 0.719. The second kappa shape index (κ2) is 8.28. The number of nitrogens with zero attached hydrogens (tertiary/aromatic N) is 1. The highest BCUT2D eigenvalue weighted by Gasteiger charge is 2.20. The van der Waals surface area contributed by atoms with Gasteiger partial charge in [-0.3, -0.25) is 0 Å². The largest absolute Gasteiger partial charge is 0.508 e. The molecule has 1 aliphatic rings. The Morgan fingerprint density at radius 3 is 1.85 bits per heavy atom. The van der Waals surface area contributed by atoms with E-state index in [1.165, 1.54) is 16.7 Å². The zero-order valence-electron chi connectivity index (χ0n) is 16.1. The molecule has 0 saturated heterocycles. The van der Waals surface area contributed by atoms with Crippen LogP contribution in [0.3, 0.4) is 0 Å². The van der Waals surface area contributed by atoms with Gasteiger partial charge in [-0.1, -0.05) is 36.9 Å². The summed E-state index contributed by atoms with van der Waals surface area (Å²) in [6, 6.07) is 14.7. The van der Waals surface area contributed by atoms with Gasteiger partial charge in [-0.2, -0.15) is 0 Å². The van der Waals surface area contributed by atoms with Crippen LogP contribution in [0.1, 0.15) is 30.4 Å². The van der Waals surface area contributed by atoms with Gasteiger partial charge in [0, 0.05) is 0 Å². The fraction of sp³-hybridized carbons (Fsp3) is 0.250. The van der Waals surface area contributed by atoms with Crippen molar-refractivity contribution in [1.29, 1.82) is 0 Å². The first kappa shape index (κ1) is 19.0. The number of rotatable bonds is 7. The van der Waals surface area contributed by atoms with Crippen molar-refractivity contribution in [2.75, 3.05) is 20.6 Å². The van der Waals surface area contributed by atoms with Crippen LogP contribution in [0.4, 0.5) is 0 Å². The zero-order valence-corrected chi connectivity index (χ0v) is 16.1. The van der Waals surface area contributed by atoms with Crippen LogP contribution < -0.4 is 0 Å². The number of aromatic hydroxyl groups is 2. The van der Waals surface area contributed by atoms with E-state index in [1.807, 2.05) is 24.3 Å². The highest BCUT2D eigenvalue weighted by atomic mass is 16.3. The lowest BCUT2D eigenvalue weighted by Crippen LogP contribution is -2.13. The molecule has 1 fully saturated rings. The third kappa shape index (κ3) is 5.11. The van der Waals surface area contributed by atoms with E-state index in [0.717, 1.165) is 42.5 Å². The van der Waals surface area contributed by atoms with Gasteiger partial charge in [0.1, 0.15) is 11.5 Å². The van der Waals surface area contributed by atoms with Crippen molar-refractivity contribution in [3.63, 3.8) is 0 Å². The second-order valence-corrected chi connectivity index (χ2v) is 7.35.